The Balaban J connectivity index is 3.19. The van der Waals surface area contributed by atoms with Crippen LogP contribution in [0.1, 0.15) is 6.92 Å². The lowest BCUT2D eigenvalue weighted by Crippen LogP contribution is -2.18. The maximum Gasteiger partial charge on any atom is 0.240 e. The molecule has 0 atom stereocenters. The van der Waals surface area contributed by atoms with Gasteiger partial charge in [0.25, 0.3) is 0 Å². The minimum absolute atomic E-state index is 0.137. The van der Waals surface area contributed by atoms with Crippen molar-refractivity contribution >= 4 is 21.6 Å². The molecule has 1 aromatic carbocycles. The molecule has 0 saturated heterocycles. The molecule has 6 heteroatoms. The van der Waals surface area contributed by atoms with Gasteiger partial charge in [-0.3, -0.25) is 0 Å². The number of halogens is 1. The average molecular weight is 250 g/mol. The second-order valence-electron chi connectivity index (χ2n) is 2.73. The Kier molecular flexibility index (Phi) is 3.96. The summed E-state index contributed by atoms with van der Waals surface area (Å²) in [5.41, 5.74) is 0. The average Bonchev–Trinajstić information content (AvgIpc) is 2.21. The second-order valence-corrected chi connectivity index (χ2v) is 5.03. The molecule has 84 valence electrons. The van der Waals surface area contributed by atoms with Crippen LogP contribution in [-0.4, -0.2) is 22.1 Å². The van der Waals surface area contributed by atoms with Gasteiger partial charge in [-0.15, -0.1) is 0 Å². The summed E-state index contributed by atoms with van der Waals surface area (Å²) in [6.45, 7) is 2.23. The van der Waals surface area contributed by atoms with Crippen LogP contribution in [0.2, 0.25) is 5.02 Å². The highest BCUT2D eigenvalue weighted by Crippen LogP contribution is 2.27. The fraction of sp³-hybridized carbons (Fsp3) is 0.333. The number of rotatable bonds is 4. The van der Waals surface area contributed by atoms with E-state index in [1.165, 1.54) is 25.2 Å². The molecule has 0 heterocycles. The molecule has 0 fully saturated rings. The van der Waals surface area contributed by atoms with Crippen LogP contribution in [-0.2, 0) is 10.0 Å². The molecule has 0 saturated carbocycles. The third kappa shape index (κ3) is 2.84. The highest BCUT2D eigenvalue weighted by Gasteiger charge is 2.13. The van der Waals surface area contributed by atoms with Crippen LogP contribution in [0.3, 0.4) is 0 Å². The molecule has 0 radical (unpaired) electrons. The Hall–Kier alpha value is -0.780. The summed E-state index contributed by atoms with van der Waals surface area (Å²) in [4.78, 5) is 0.137. The minimum atomic E-state index is -3.44. The van der Waals surface area contributed by atoms with Gasteiger partial charge in [0, 0.05) is 6.07 Å². The monoisotopic (exact) mass is 249 g/mol. The normalized spacial score (nSPS) is 11.4. The molecule has 0 amide bonds. The van der Waals surface area contributed by atoms with Gasteiger partial charge < -0.3 is 4.74 Å². The number of hydrogen-bond donors (Lipinski definition) is 1. The van der Waals surface area contributed by atoms with Crippen molar-refractivity contribution in [2.75, 3.05) is 13.7 Å². The predicted octanol–water partition coefficient (Wildman–Crippen LogP) is 1.65. The van der Waals surface area contributed by atoms with Crippen molar-refractivity contribution in [2.24, 2.45) is 0 Å². The van der Waals surface area contributed by atoms with Crippen molar-refractivity contribution in [1.82, 2.24) is 4.72 Å². The van der Waals surface area contributed by atoms with Crippen molar-refractivity contribution in [1.29, 1.82) is 0 Å². The molecule has 0 bridgehead atoms. The molecule has 4 nitrogen and oxygen atoms in total. The van der Waals surface area contributed by atoms with E-state index >= 15 is 0 Å². The van der Waals surface area contributed by atoms with Gasteiger partial charge in [0.05, 0.1) is 16.5 Å². The van der Waals surface area contributed by atoms with Crippen LogP contribution in [0.15, 0.2) is 23.1 Å². The predicted molar refractivity (Wildman–Crippen MR) is 58.9 cm³/mol. The van der Waals surface area contributed by atoms with Crippen LogP contribution in [0.25, 0.3) is 0 Å². The zero-order valence-corrected chi connectivity index (χ0v) is 10.0. The van der Waals surface area contributed by atoms with E-state index in [1.54, 1.807) is 6.92 Å². The molecule has 0 aliphatic rings. The second kappa shape index (κ2) is 4.83. The third-order valence-electron chi connectivity index (χ3n) is 1.78. The summed E-state index contributed by atoms with van der Waals surface area (Å²) in [6, 6.07) is 4.32. The summed E-state index contributed by atoms with van der Waals surface area (Å²) in [6.07, 6.45) is 0. The van der Waals surface area contributed by atoms with Crippen LogP contribution in [0.5, 0.6) is 5.75 Å². The number of benzene rings is 1. The molecular formula is C9H12ClNO3S. The maximum atomic E-state index is 11.5. The minimum Gasteiger partial charge on any atom is -0.492 e. The van der Waals surface area contributed by atoms with E-state index in [9.17, 15) is 8.42 Å². The standard InChI is InChI=1S/C9H12ClNO3S/c1-3-14-9-6-7(4-5-8(9)10)15(12,13)11-2/h4-6,11H,3H2,1-2H3. The highest BCUT2D eigenvalue weighted by molar-refractivity contribution is 7.89. The van der Waals surface area contributed by atoms with Crippen molar-refractivity contribution < 1.29 is 13.2 Å². The first-order chi connectivity index (χ1) is 7.01. The zero-order chi connectivity index (χ0) is 11.5. The molecule has 15 heavy (non-hydrogen) atoms. The van der Waals surface area contributed by atoms with Crippen LogP contribution >= 0.6 is 11.6 Å². The lowest BCUT2D eigenvalue weighted by molar-refractivity contribution is 0.339. The van der Waals surface area contributed by atoms with E-state index in [2.05, 4.69) is 4.72 Å². The molecule has 0 aromatic heterocycles. The molecule has 1 rings (SSSR count). The molecular weight excluding hydrogens is 238 g/mol. The Morgan fingerprint density at radius 2 is 2.13 bits per heavy atom. The van der Waals surface area contributed by atoms with Gasteiger partial charge in [-0.2, -0.15) is 0 Å². The summed E-state index contributed by atoms with van der Waals surface area (Å²) in [5, 5.41) is 0.395. The first kappa shape index (κ1) is 12.3. The lowest BCUT2D eigenvalue weighted by atomic mass is 10.3. The number of ether oxygens (including phenoxy) is 1. The van der Waals surface area contributed by atoms with Crippen molar-refractivity contribution in [3.63, 3.8) is 0 Å². The van der Waals surface area contributed by atoms with Gasteiger partial charge in [-0.05, 0) is 26.1 Å². The van der Waals surface area contributed by atoms with Gasteiger partial charge in [-0.1, -0.05) is 11.6 Å². The van der Waals surface area contributed by atoms with Crippen molar-refractivity contribution in [3.8, 4) is 5.75 Å². The van der Waals surface area contributed by atoms with Crippen molar-refractivity contribution in [3.05, 3.63) is 23.2 Å². The maximum absolute atomic E-state index is 11.5. The van der Waals surface area contributed by atoms with Gasteiger partial charge in [0.2, 0.25) is 10.0 Å². The van der Waals surface area contributed by atoms with E-state index in [-0.39, 0.29) is 4.90 Å². The zero-order valence-electron chi connectivity index (χ0n) is 8.45. The first-order valence-corrected chi connectivity index (χ1v) is 6.23. The number of hydrogen-bond acceptors (Lipinski definition) is 3. The molecule has 0 spiro atoms. The molecule has 0 aliphatic heterocycles. The van der Waals surface area contributed by atoms with E-state index in [4.69, 9.17) is 16.3 Å². The first-order valence-electron chi connectivity index (χ1n) is 4.37. The number of nitrogens with one attached hydrogen (secondary N) is 1. The van der Waals surface area contributed by atoms with Gasteiger partial charge in [0.15, 0.2) is 0 Å². The fourth-order valence-electron chi connectivity index (χ4n) is 1.03. The van der Waals surface area contributed by atoms with E-state index in [1.807, 2.05) is 0 Å². The Bertz CT molecular complexity index is 445. The van der Waals surface area contributed by atoms with Crippen LogP contribution < -0.4 is 9.46 Å². The molecule has 1 N–H and O–H groups in total. The summed E-state index contributed by atoms with van der Waals surface area (Å²) in [5.74, 6) is 0.371. The van der Waals surface area contributed by atoms with Crippen LogP contribution in [0, 0.1) is 0 Å². The van der Waals surface area contributed by atoms with E-state index in [0.29, 0.717) is 17.4 Å². The smallest absolute Gasteiger partial charge is 0.240 e. The summed E-state index contributed by atoms with van der Waals surface area (Å²) < 4.78 is 30.3. The van der Waals surface area contributed by atoms with Gasteiger partial charge in [0.1, 0.15) is 5.75 Å². The van der Waals surface area contributed by atoms with Gasteiger partial charge in [-0.25, -0.2) is 13.1 Å². The molecule has 1 aromatic rings. The summed E-state index contributed by atoms with van der Waals surface area (Å²) >= 11 is 5.83. The van der Waals surface area contributed by atoms with Crippen molar-refractivity contribution in [2.45, 2.75) is 11.8 Å². The quantitative estimate of drug-likeness (QED) is 0.883. The summed E-state index contributed by atoms with van der Waals surface area (Å²) in [7, 11) is -2.09. The topological polar surface area (TPSA) is 55.4 Å². The number of sulfonamides is 1. The third-order valence-corrected chi connectivity index (χ3v) is 3.51. The van der Waals surface area contributed by atoms with E-state index in [0.717, 1.165) is 0 Å². The molecule has 0 aliphatic carbocycles. The van der Waals surface area contributed by atoms with E-state index < -0.39 is 10.0 Å². The Labute approximate surface area is 94.3 Å². The highest BCUT2D eigenvalue weighted by atomic mass is 35.5. The lowest BCUT2D eigenvalue weighted by Gasteiger charge is -2.08. The SMILES string of the molecule is CCOc1cc(S(=O)(=O)NC)ccc1Cl. The largest absolute Gasteiger partial charge is 0.492 e. The molecule has 0 unspecified atom stereocenters. The van der Waals surface area contributed by atoms with Crippen LogP contribution in [0.4, 0.5) is 0 Å². The van der Waals surface area contributed by atoms with Gasteiger partial charge >= 0.3 is 0 Å². The Morgan fingerprint density at radius 1 is 1.47 bits per heavy atom. The fourth-order valence-corrected chi connectivity index (χ4v) is 1.95. The Morgan fingerprint density at radius 3 is 2.67 bits per heavy atom.